The first-order valence-corrected chi connectivity index (χ1v) is 20.1. The maximum Gasteiger partial charge on any atom is 0.326 e. The Morgan fingerprint density at radius 1 is 0.609 bits per heavy atom. The standard InChI is InChI=1S/C43H50N10O11/c44-30(21-54)38(58)50-33(16-26-18-46-31-9-5-4-8-29(26)31)41(61)53-36(22-55)39(59)47-20-37(57)49-34(17-27-19-45-23-48-27)42(62)51-32(14-24-6-2-1-3-7-24)40(60)52-35(43(63)64)15-25-10-12-28(56)13-11-25/h1-13,18-19,23,30,32-36,46,54-56H,14-17,20-22,44H2,(H,45,48)(H,47,59)(H,49,57)(H,50,58)(H,51,62)(H,52,60)(H,53,61)(H,63,64)/t30-,32-,33-,34-,35-,36-/m0/s1. The number of aromatic hydroxyl groups is 1. The summed E-state index contributed by atoms with van der Waals surface area (Å²) in [6.45, 7) is -2.37. The van der Waals surface area contributed by atoms with Crippen LogP contribution in [0.25, 0.3) is 10.9 Å². The summed E-state index contributed by atoms with van der Waals surface area (Å²) in [5.41, 5.74) is 8.60. The van der Waals surface area contributed by atoms with Gasteiger partial charge < -0.3 is 68.0 Å². The molecule has 0 aliphatic carbocycles. The van der Waals surface area contributed by atoms with Crippen molar-refractivity contribution in [2.45, 2.75) is 61.9 Å². The summed E-state index contributed by atoms with van der Waals surface area (Å²) >= 11 is 0. The van der Waals surface area contributed by atoms with E-state index in [1.165, 1.54) is 36.8 Å². The molecule has 21 heteroatoms. The third kappa shape index (κ3) is 13.7. The first-order chi connectivity index (χ1) is 30.7. The van der Waals surface area contributed by atoms with Crippen LogP contribution in [0.5, 0.6) is 5.75 Å². The third-order valence-corrected chi connectivity index (χ3v) is 10.0. The molecule has 5 aromatic rings. The number of nitrogens with two attached hydrogens (primary N) is 1. The second kappa shape index (κ2) is 23.0. The number of amides is 6. The Morgan fingerprint density at radius 3 is 1.83 bits per heavy atom. The van der Waals surface area contributed by atoms with Crippen LogP contribution in [0.4, 0.5) is 0 Å². The van der Waals surface area contributed by atoms with E-state index >= 15 is 0 Å². The molecule has 14 N–H and O–H groups in total. The van der Waals surface area contributed by atoms with E-state index < -0.39 is 97.4 Å². The molecular formula is C43H50N10O11. The van der Waals surface area contributed by atoms with Crippen molar-refractivity contribution >= 4 is 52.3 Å². The molecule has 5 rings (SSSR count). The number of aromatic nitrogens is 3. The lowest BCUT2D eigenvalue weighted by Crippen LogP contribution is -2.59. The molecule has 64 heavy (non-hydrogen) atoms. The predicted octanol–water partition coefficient (Wildman–Crippen LogP) is -2.20. The van der Waals surface area contributed by atoms with Crippen molar-refractivity contribution in [3.8, 4) is 5.75 Å². The SMILES string of the molecule is N[C@@H](CO)C(=O)N[C@@H](Cc1c[nH]c2ccccc12)C(=O)N[C@@H](CO)C(=O)NCC(=O)N[C@@H](Cc1cnc[nH]1)C(=O)N[C@@H](Cc1ccccc1)C(=O)N[C@@H](Cc1ccc(O)cc1)C(=O)O. The van der Waals surface area contributed by atoms with Crippen molar-refractivity contribution in [3.63, 3.8) is 0 Å². The van der Waals surface area contributed by atoms with Crippen molar-refractivity contribution in [2.75, 3.05) is 19.8 Å². The minimum atomic E-state index is -1.61. The molecule has 0 aliphatic rings. The van der Waals surface area contributed by atoms with Gasteiger partial charge in [0.1, 0.15) is 42.0 Å². The molecule has 2 aromatic heterocycles. The second-order valence-corrected chi connectivity index (χ2v) is 14.8. The van der Waals surface area contributed by atoms with Gasteiger partial charge in [-0.15, -0.1) is 0 Å². The largest absolute Gasteiger partial charge is 0.508 e. The number of H-pyrrole nitrogens is 2. The van der Waals surface area contributed by atoms with E-state index in [1.54, 1.807) is 54.7 Å². The Bertz CT molecular complexity index is 2370. The van der Waals surface area contributed by atoms with Crippen LogP contribution in [0.3, 0.4) is 0 Å². The van der Waals surface area contributed by atoms with Gasteiger partial charge in [0.25, 0.3) is 0 Å². The summed E-state index contributed by atoms with van der Waals surface area (Å²) in [7, 11) is 0. The van der Waals surface area contributed by atoms with Gasteiger partial charge in [-0.1, -0.05) is 60.7 Å². The van der Waals surface area contributed by atoms with Gasteiger partial charge in [0.15, 0.2) is 0 Å². The normalized spacial score (nSPS) is 13.9. The van der Waals surface area contributed by atoms with Crippen molar-refractivity contribution in [1.82, 2.24) is 46.9 Å². The van der Waals surface area contributed by atoms with E-state index in [1.807, 2.05) is 6.07 Å². The molecular weight excluding hydrogens is 833 g/mol. The average molecular weight is 883 g/mol. The zero-order valence-electron chi connectivity index (χ0n) is 34.3. The van der Waals surface area contributed by atoms with Crippen LogP contribution in [0.1, 0.15) is 22.4 Å². The number of aliphatic hydroxyl groups is 2. The number of carboxylic acid groups (broad SMARTS) is 1. The molecule has 0 saturated heterocycles. The molecule has 0 bridgehead atoms. The number of aromatic amines is 2. The van der Waals surface area contributed by atoms with Crippen molar-refractivity contribution < 1.29 is 54.0 Å². The van der Waals surface area contributed by atoms with Crippen LogP contribution in [0, 0.1) is 0 Å². The van der Waals surface area contributed by atoms with Gasteiger partial charge in [0, 0.05) is 54.7 Å². The number of nitrogens with zero attached hydrogens (tertiary/aromatic N) is 1. The molecule has 3 aromatic carbocycles. The third-order valence-electron chi connectivity index (χ3n) is 10.0. The van der Waals surface area contributed by atoms with Crippen LogP contribution < -0.4 is 37.6 Å². The van der Waals surface area contributed by atoms with Gasteiger partial charge >= 0.3 is 5.97 Å². The molecule has 6 amide bonds. The van der Waals surface area contributed by atoms with Crippen molar-refractivity contribution in [1.29, 1.82) is 0 Å². The van der Waals surface area contributed by atoms with Gasteiger partial charge in [0.05, 0.1) is 26.1 Å². The fourth-order valence-corrected chi connectivity index (χ4v) is 6.59. The molecule has 0 aliphatic heterocycles. The minimum Gasteiger partial charge on any atom is -0.508 e. The highest BCUT2D eigenvalue weighted by molar-refractivity contribution is 5.96. The number of fused-ring (bicyclic) bond motifs is 1. The smallest absolute Gasteiger partial charge is 0.326 e. The highest BCUT2D eigenvalue weighted by Crippen LogP contribution is 2.19. The number of imidazole rings is 1. The Morgan fingerprint density at radius 2 is 1.19 bits per heavy atom. The lowest BCUT2D eigenvalue weighted by Gasteiger charge is -2.25. The molecule has 338 valence electrons. The van der Waals surface area contributed by atoms with Crippen molar-refractivity contribution in [3.05, 3.63) is 120 Å². The molecule has 2 heterocycles. The van der Waals surface area contributed by atoms with Crippen LogP contribution in [-0.4, -0.2) is 133 Å². The molecule has 0 saturated carbocycles. The van der Waals surface area contributed by atoms with E-state index in [0.29, 0.717) is 22.4 Å². The fraction of sp³-hybridized carbons (Fsp3) is 0.302. The molecule has 0 radical (unpaired) electrons. The fourth-order valence-electron chi connectivity index (χ4n) is 6.59. The van der Waals surface area contributed by atoms with Crippen LogP contribution in [-0.2, 0) is 59.2 Å². The van der Waals surface area contributed by atoms with Gasteiger partial charge in [-0.05, 0) is 34.9 Å². The Balaban J connectivity index is 1.25. The van der Waals surface area contributed by atoms with E-state index in [9.17, 15) is 54.0 Å². The minimum absolute atomic E-state index is 0.0281. The maximum atomic E-state index is 14.0. The summed E-state index contributed by atoms with van der Waals surface area (Å²) in [6, 6.07) is 13.2. The lowest BCUT2D eigenvalue weighted by molar-refractivity contribution is -0.142. The van der Waals surface area contributed by atoms with Gasteiger partial charge in [-0.3, -0.25) is 28.8 Å². The summed E-state index contributed by atoms with van der Waals surface area (Å²) in [5, 5.41) is 54.6. The topological polar surface area (TPSA) is 343 Å². The number of carboxylic acids is 1. The zero-order chi connectivity index (χ0) is 46.2. The molecule has 6 atom stereocenters. The average Bonchev–Trinajstić information content (AvgIpc) is 3.97. The van der Waals surface area contributed by atoms with Crippen LogP contribution in [0.2, 0.25) is 0 Å². The highest BCUT2D eigenvalue weighted by Gasteiger charge is 2.32. The quantitative estimate of drug-likeness (QED) is 0.0332. The number of rotatable bonds is 23. The monoisotopic (exact) mass is 882 g/mol. The number of nitrogens with one attached hydrogen (secondary N) is 8. The van der Waals surface area contributed by atoms with Gasteiger partial charge in [0.2, 0.25) is 35.4 Å². The Labute approximate surface area is 365 Å². The number of aliphatic carboxylic acids is 1. The maximum absolute atomic E-state index is 14.0. The molecule has 21 nitrogen and oxygen atoms in total. The second-order valence-electron chi connectivity index (χ2n) is 14.8. The number of hydrogen-bond donors (Lipinski definition) is 13. The zero-order valence-corrected chi connectivity index (χ0v) is 34.3. The number of hydrogen-bond acceptors (Lipinski definition) is 12. The van der Waals surface area contributed by atoms with Gasteiger partial charge in [-0.25, -0.2) is 9.78 Å². The van der Waals surface area contributed by atoms with E-state index in [-0.39, 0.29) is 31.4 Å². The van der Waals surface area contributed by atoms with E-state index in [2.05, 4.69) is 46.9 Å². The predicted molar refractivity (Wildman–Crippen MR) is 229 cm³/mol. The van der Waals surface area contributed by atoms with Crippen LogP contribution >= 0.6 is 0 Å². The highest BCUT2D eigenvalue weighted by atomic mass is 16.4. The summed E-state index contributed by atoms with van der Waals surface area (Å²) < 4.78 is 0. The Kier molecular flexibility index (Phi) is 17.0. The Hall–Kier alpha value is -7.62. The van der Waals surface area contributed by atoms with Crippen LogP contribution in [0.15, 0.2) is 97.6 Å². The number of aliphatic hydroxyl groups excluding tert-OH is 2. The van der Waals surface area contributed by atoms with E-state index in [4.69, 9.17) is 5.73 Å². The first-order valence-electron chi connectivity index (χ1n) is 20.1. The summed E-state index contributed by atoms with van der Waals surface area (Å²) in [6.07, 6.45) is 3.95. The molecule has 0 fully saturated rings. The molecule has 0 unspecified atom stereocenters. The molecule has 0 spiro atoms. The number of para-hydroxylation sites is 1. The summed E-state index contributed by atoms with van der Waals surface area (Å²) in [4.78, 5) is 103. The first kappa shape index (κ1) is 47.4. The van der Waals surface area contributed by atoms with Crippen molar-refractivity contribution in [2.24, 2.45) is 5.73 Å². The van der Waals surface area contributed by atoms with Gasteiger partial charge in [-0.2, -0.15) is 0 Å². The number of phenols is 1. The number of carbonyl (C=O) groups is 7. The summed E-state index contributed by atoms with van der Waals surface area (Å²) in [5.74, 6) is -6.67. The number of phenolic OH excluding ortho intramolecular Hbond substituents is 1. The van der Waals surface area contributed by atoms with E-state index in [0.717, 1.165) is 10.9 Å². The number of benzene rings is 3. The number of carbonyl (C=O) groups excluding carboxylic acids is 6. The lowest BCUT2D eigenvalue weighted by atomic mass is 10.0.